The van der Waals surface area contributed by atoms with Gasteiger partial charge in [0.15, 0.2) is 0 Å². The van der Waals surface area contributed by atoms with Crippen LogP contribution in [0.1, 0.15) is 18.1 Å². The molecule has 4 nitrogen and oxygen atoms in total. The van der Waals surface area contributed by atoms with Crippen LogP contribution >= 0.6 is 0 Å². The van der Waals surface area contributed by atoms with Crippen molar-refractivity contribution in [3.05, 3.63) is 60.1 Å². The summed E-state index contributed by atoms with van der Waals surface area (Å²) in [5.74, 6) is 0.627. The van der Waals surface area contributed by atoms with E-state index in [9.17, 15) is 5.11 Å². The average molecular weight is 242 g/mol. The molecule has 0 bridgehead atoms. The molecular weight excluding hydrogens is 228 g/mol. The minimum Gasteiger partial charge on any atom is -0.495 e. The third-order valence-corrected chi connectivity index (χ3v) is 2.94. The van der Waals surface area contributed by atoms with Crippen LogP contribution in [0.5, 0.6) is 0 Å². The van der Waals surface area contributed by atoms with Gasteiger partial charge in [-0.25, -0.2) is 4.68 Å². The average Bonchev–Trinajstić information content (AvgIpc) is 3.10. The van der Waals surface area contributed by atoms with E-state index in [2.05, 4.69) is 5.10 Å². The Balaban J connectivity index is 1.85. The van der Waals surface area contributed by atoms with Crippen molar-refractivity contribution in [3.63, 3.8) is 0 Å². The number of aliphatic hydroxyl groups excluding tert-OH is 1. The molecule has 0 fully saturated rings. The van der Waals surface area contributed by atoms with Gasteiger partial charge in [0.2, 0.25) is 0 Å². The summed E-state index contributed by atoms with van der Waals surface area (Å²) in [6.07, 6.45) is 5.55. The summed E-state index contributed by atoms with van der Waals surface area (Å²) in [5, 5.41) is 14.4. The number of ether oxygens (including phenoxy) is 1. The zero-order chi connectivity index (χ0) is 12.4. The number of aliphatic hydroxyl groups is 1. The molecule has 0 spiro atoms. The predicted molar refractivity (Wildman–Crippen MR) is 67.2 cm³/mol. The van der Waals surface area contributed by atoms with Crippen LogP contribution < -0.4 is 0 Å². The lowest BCUT2D eigenvalue weighted by atomic mass is 10.1. The number of aromatic nitrogens is 2. The van der Waals surface area contributed by atoms with Crippen LogP contribution in [0.2, 0.25) is 0 Å². The molecule has 2 aromatic rings. The van der Waals surface area contributed by atoms with Crippen molar-refractivity contribution in [3.8, 4) is 5.69 Å². The highest BCUT2D eigenvalue weighted by molar-refractivity contribution is 5.32. The van der Waals surface area contributed by atoms with Gasteiger partial charge in [-0.3, -0.25) is 0 Å². The fourth-order valence-electron chi connectivity index (χ4n) is 1.99. The third kappa shape index (κ3) is 2.02. The van der Waals surface area contributed by atoms with E-state index >= 15 is 0 Å². The molecule has 92 valence electrons. The Kier molecular flexibility index (Phi) is 2.86. The van der Waals surface area contributed by atoms with Crippen molar-refractivity contribution in [1.82, 2.24) is 9.78 Å². The highest BCUT2D eigenvalue weighted by atomic mass is 16.5. The van der Waals surface area contributed by atoms with E-state index in [-0.39, 0.29) is 0 Å². The molecule has 1 N–H and O–H groups in total. The summed E-state index contributed by atoms with van der Waals surface area (Å²) in [7, 11) is 0. The van der Waals surface area contributed by atoms with Gasteiger partial charge in [0.05, 0.1) is 18.5 Å². The largest absolute Gasteiger partial charge is 0.495 e. The molecule has 2 heterocycles. The van der Waals surface area contributed by atoms with Crippen molar-refractivity contribution in [2.75, 3.05) is 6.61 Å². The molecule has 1 aromatic heterocycles. The summed E-state index contributed by atoms with van der Waals surface area (Å²) in [5.41, 5.74) is 1.71. The van der Waals surface area contributed by atoms with Crippen molar-refractivity contribution >= 4 is 0 Å². The minimum absolute atomic E-state index is 0.627. The second kappa shape index (κ2) is 4.66. The summed E-state index contributed by atoms with van der Waals surface area (Å²) < 4.78 is 7.10. The fraction of sp³-hybridized carbons (Fsp3) is 0.214. The first-order valence-electron chi connectivity index (χ1n) is 5.95. The van der Waals surface area contributed by atoms with Crippen LogP contribution in [0.4, 0.5) is 0 Å². The van der Waals surface area contributed by atoms with Gasteiger partial charge in [-0.1, -0.05) is 18.2 Å². The molecule has 18 heavy (non-hydrogen) atoms. The van der Waals surface area contributed by atoms with Crippen molar-refractivity contribution in [1.29, 1.82) is 0 Å². The summed E-state index contributed by atoms with van der Waals surface area (Å²) in [6.45, 7) is 0.652. The maximum Gasteiger partial charge on any atom is 0.139 e. The Labute approximate surface area is 105 Å². The van der Waals surface area contributed by atoms with Gasteiger partial charge in [-0.15, -0.1) is 0 Å². The SMILES string of the molecule is OC(C1=CCCO1)c1cnn(-c2ccccc2)c1. The van der Waals surface area contributed by atoms with E-state index in [1.807, 2.05) is 42.6 Å². The molecule has 4 heteroatoms. The summed E-state index contributed by atoms with van der Waals surface area (Å²) >= 11 is 0. The first-order chi connectivity index (χ1) is 8.84. The van der Waals surface area contributed by atoms with Crippen LogP contribution in [-0.4, -0.2) is 21.5 Å². The van der Waals surface area contributed by atoms with Crippen LogP contribution in [0.25, 0.3) is 5.69 Å². The topological polar surface area (TPSA) is 47.3 Å². The highest BCUT2D eigenvalue weighted by Gasteiger charge is 2.19. The Morgan fingerprint density at radius 1 is 1.28 bits per heavy atom. The van der Waals surface area contributed by atoms with Crippen molar-refractivity contribution in [2.24, 2.45) is 0 Å². The van der Waals surface area contributed by atoms with Crippen LogP contribution in [-0.2, 0) is 4.74 Å². The molecule has 1 aliphatic rings. The molecule has 1 atom stereocenters. The zero-order valence-electron chi connectivity index (χ0n) is 9.86. The number of hydrogen-bond acceptors (Lipinski definition) is 3. The normalized spacial score (nSPS) is 16.2. The zero-order valence-corrected chi connectivity index (χ0v) is 9.86. The molecule has 3 rings (SSSR count). The second-order valence-corrected chi connectivity index (χ2v) is 4.20. The Morgan fingerprint density at radius 3 is 2.83 bits per heavy atom. The number of nitrogens with zero attached hydrogens (tertiary/aromatic N) is 2. The Bertz CT molecular complexity index is 560. The molecule has 0 radical (unpaired) electrons. The standard InChI is InChI=1S/C14H14N2O2/c17-14(13-7-4-8-18-13)11-9-15-16(10-11)12-5-2-1-3-6-12/h1-3,5-7,9-10,14,17H,4,8H2. The first kappa shape index (κ1) is 11.0. The molecule has 1 aliphatic heterocycles. The number of benzene rings is 1. The van der Waals surface area contributed by atoms with Gasteiger partial charge in [-0.2, -0.15) is 5.10 Å². The number of hydrogen-bond donors (Lipinski definition) is 1. The lowest BCUT2D eigenvalue weighted by Crippen LogP contribution is -2.01. The van der Waals surface area contributed by atoms with E-state index in [1.165, 1.54) is 0 Å². The van der Waals surface area contributed by atoms with Crippen LogP contribution in [0.3, 0.4) is 0 Å². The second-order valence-electron chi connectivity index (χ2n) is 4.20. The number of rotatable bonds is 3. The maximum atomic E-state index is 10.1. The predicted octanol–water partition coefficient (Wildman–Crippen LogP) is 2.21. The van der Waals surface area contributed by atoms with Gasteiger partial charge in [0, 0.05) is 18.2 Å². The smallest absolute Gasteiger partial charge is 0.139 e. The van der Waals surface area contributed by atoms with E-state index in [4.69, 9.17) is 4.74 Å². The quantitative estimate of drug-likeness (QED) is 0.897. The Morgan fingerprint density at radius 2 is 2.11 bits per heavy atom. The number of para-hydroxylation sites is 1. The monoisotopic (exact) mass is 242 g/mol. The molecule has 0 amide bonds. The first-order valence-corrected chi connectivity index (χ1v) is 5.95. The van der Waals surface area contributed by atoms with Gasteiger partial charge in [0.25, 0.3) is 0 Å². The summed E-state index contributed by atoms with van der Waals surface area (Å²) in [6, 6.07) is 9.80. The lowest BCUT2D eigenvalue weighted by molar-refractivity contribution is 0.119. The van der Waals surface area contributed by atoms with E-state index in [0.29, 0.717) is 12.4 Å². The molecule has 0 saturated carbocycles. The minimum atomic E-state index is -0.718. The van der Waals surface area contributed by atoms with Gasteiger partial charge < -0.3 is 9.84 Å². The molecule has 0 saturated heterocycles. The van der Waals surface area contributed by atoms with Crippen LogP contribution in [0.15, 0.2) is 54.6 Å². The van der Waals surface area contributed by atoms with Gasteiger partial charge >= 0.3 is 0 Å². The highest BCUT2D eigenvalue weighted by Crippen LogP contribution is 2.26. The maximum absolute atomic E-state index is 10.1. The van der Waals surface area contributed by atoms with Gasteiger partial charge in [-0.05, 0) is 18.2 Å². The third-order valence-electron chi connectivity index (χ3n) is 2.94. The van der Waals surface area contributed by atoms with Gasteiger partial charge in [0.1, 0.15) is 11.9 Å². The van der Waals surface area contributed by atoms with E-state index < -0.39 is 6.10 Å². The van der Waals surface area contributed by atoms with Crippen LogP contribution in [0, 0.1) is 0 Å². The lowest BCUT2D eigenvalue weighted by Gasteiger charge is -2.09. The molecule has 1 unspecified atom stereocenters. The van der Waals surface area contributed by atoms with Crippen molar-refractivity contribution < 1.29 is 9.84 Å². The van der Waals surface area contributed by atoms with E-state index in [0.717, 1.165) is 17.7 Å². The summed E-state index contributed by atoms with van der Waals surface area (Å²) in [4.78, 5) is 0. The fourth-order valence-corrected chi connectivity index (χ4v) is 1.99. The van der Waals surface area contributed by atoms with E-state index in [1.54, 1.807) is 10.9 Å². The molecule has 0 aliphatic carbocycles. The molecule has 1 aromatic carbocycles. The molecular formula is C14H14N2O2. The Hall–Kier alpha value is -2.07. The van der Waals surface area contributed by atoms with Crippen molar-refractivity contribution in [2.45, 2.75) is 12.5 Å².